The number of ether oxygens (including phenoxy) is 1. The molecule has 0 amide bonds. The van der Waals surface area contributed by atoms with E-state index in [0.717, 1.165) is 24.1 Å². The number of carboxylic acid groups (broad SMARTS) is 1. The van der Waals surface area contributed by atoms with E-state index in [-0.39, 0.29) is 11.6 Å². The van der Waals surface area contributed by atoms with Crippen LogP contribution >= 0.6 is 0 Å². The first kappa shape index (κ1) is 16.0. The Balaban J connectivity index is 2.19. The van der Waals surface area contributed by atoms with Gasteiger partial charge in [-0.3, -0.25) is 9.69 Å². The quantitative estimate of drug-likeness (QED) is 0.906. The van der Waals surface area contributed by atoms with Crippen LogP contribution in [-0.2, 0) is 16.1 Å². The number of hydrogen-bond acceptors (Lipinski definition) is 3. The van der Waals surface area contributed by atoms with Gasteiger partial charge in [0.1, 0.15) is 0 Å². The normalized spacial score (nSPS) is 20.9. The number of benzene rings is 1. The van der Waals surface area contributed by atoms with Gasteiger partial charge in [0.05, 0.1) is 11.5 Å². The van der Waals surface area contributed by atoms with Crippen molar-refractivity contribution in [2.45, 2.75) is 51.3 Å². The molecule has 0 saturated carbocycles. The van der Waals surface area contributed by atoms with E-state index >= 15 is 0 Å². The van der Waals surface area contributed by atoms with Crippen LogP contribution < -0.4 is 0 Å². The number of rotatable bonds is 5. The van der Waals surface area contributed by atoms with Crippen LogP contribution in [0.5, 0.6) is 0 Å². The fourth-order valence-electron chi connectivity index (χ4n) is 3.11. The number of fused-ring (bicyclic) bond motifs is 1. The van der Waals surface area contributed by atoms with Crippen LogP contribution in [0.1, 0.15) is 44.2 Å². The van der Waals surface area contributed by atoms with Crippen LogP contribution in [0.15, 0.2) is 24.3 Å². The molecular weight excluding hydrogens is 266 g/mol. The van der Waals surface area contributed by atoms with Crippen molar-refractivity contribution in [3.63, 3.8) is 0 Å². The third-order valence-electron chi connectivity index (χ3n) is 4.48. The maximum atomic E-state index is 11.6. The molecule has 21 heavy (non-hydrogen) atoms. The molecule has 0 saturated heterocycles. The van der Waals surface area contributed by atoms with Gasteiger partial charge in [0, 0.05) is 26.2 Å². The first-order valence-corrected chi connectivity index (χ1v) is 7.44. The summed E-state index contributed by atoms with van der Waals surface area (Å²) >= 11 is 0. The van der Waals surface area contributed by atoms with E-state index < -0.39 is 11.9 Å². The molecule has 1 aliphatic heterocycles. The molecule has 1 N–H and O–H groups in total. The summed E-state index contributed by atoms with van der Waals surface area (Å²) in [5.74, 6) is -1.19. The van der Waals surface area contributed by atoms with Crippen LogP contribution in [-0.4, -0.2) is 41.3 Å². The number of aliphatic carboxylic acids is 1. The largest absolute Gasteiger partial charge is 0.481 e. The Morgan fingerprint density at radius 2 is 2.14 bits per heavy atom. The Morgan fingerprint density at radius 1 is 1.48 bits per heavy atom. The molecule has 4 heteroatoms. The van der Waals surface area contributed by atoms with Crippen molar-refractivity contribution < 1.29 is 14.6 Å². The van der Waals surface area contributed by atoms with E-state index in [0.29, 0.717) is 6.54 Å². The highest BCUT2D eigenvalue weighted by molar-refractivity contribution is 5.77. The number of carbonyl (C=O) groups is 1. The fraction of sp³-hybridized carbons (Fsp3) is 0.588. The molecule has 1 aromatic rings. The molecule has 1 aliphatic rings. The van der Waals surface area contributed by atoms with Crippen molar-refractivity contribution in [3.8, 4) is 0 Å². The smallest absolute Gasteiger partial charge is 0.312 e. The van der Waals surface area contributed by atoms with Gasteiger partial charge in [-0.2, -0.15) is 0 Å². The number of carboxylic acids is 1. The predicted molar refractivity (Wildman–Crippen MR) is 82.4 cm³/mol. The molecule has 2 atom stereocenters. The summed E-state index contributed by atoms with van der Waals surface area (Å²) in [6.07, 6.45) is 0.873. The number of hydrogen-bond donors (Lipinski definition) is 1. The molecule has 0 aliphatic carbocycles. The van der Waals surface area contributed by atoms with Crippen molar-refractivity contribution in [1.82, 2.24) is 4.90 Å². The zero-order valence-electron chi connectivity index (χ0n) is 13.3. The lowest BCUT2D eigenvalue weighted by molar-refractivity contribution is -0.139. The van der Waals surface area contributed by atoms with E-state index in [1.165, 1.54) is 0 Å². The Morgan fingerprint density at radius 3 is 2.76 bits per heavy atom. The van der Waals surface area contributed by atoms with Crippen LogP contribution in [0.3, 0.4) is 0 Å². The second-order valence-electron chi connectivity index (χ2n) is 6.54. The molecule has 0 bridgehead atoms. The minimum Gasteiger partial charge on any atom is -0.481 e. The second-order valence-corrected chi connectivity index (χ2v) is 6.54. The fourth-order valence-corrected chi connectivity index (χ4v) is 3.11. The van der Waals surface area contributed by atoms with Gasteiger partial charge >= 0.3 is 5.97 Å². The zero-order chi connectivity index (χ0) is 15.6. The van der Waals surface area contributed by atoms with Gasteiger partial charge in [-0.1, -0.05) is 24.3 Å². The van der Waals surface area contributed by atoms with Gasteiger partial charge in [-0.15, -0.1) is 0 Å². The monoisotopic (exact) mass is 291 g/mol. The summed E-state index contributed by atoms with van der Waals surface area (Å²) in [5.41, 5.74) is 1.88. The average molecular weight is 291 g/mol. The minimum atomic E-state index is -0.745. The van der Waals surface area contributed by atoms with Crippen LogP contribution in [0, 0.1) is 0 Å². The highest BCUT2D eigenvalue weighted by Gasteiger charge is 2.33. The van der Waals surface area contributed by atoms with Gasteiger partial charge in [-0.25, -0.2) is 0 Å². The van der Waals surface area contributed by atoms with E-state index in [1.54, 1.807) is 7.11 Å². The van der Waals surface area contributed by atoms with Crippen molar-refractivity contribution in [2.24, 2.45) is 0 Å². The van der Waals surface area contributed by atoms with E-state index in [1.807, 2.05) is 24.3 Å². The maximum Gasteiger partial charge on any atom is 0.312 e. The summed E-state index contributed by atoms with van der Waals surface area (Å²) in [5, 5.41) is 9.51. The van der Waals surface area contributed by atoms with Crippen molar-refractivity contribution >= 4 is 5.97 Å². The molecular formula is C17H25NO3. The summed E-state index contributed by atoms with van der Waals surface area (Å²) in [6, 6.07) is 8.14. The summed E-state index contributed by atoms with van der Waals surface area (Å²) in [6.45, 7) is 7.65. The molecule has 0 aromatic heterocycles. The lowest BCUT2D eigenvalue weighted by Gasteiger charge is -2.39. The van der Waals surface area contributed by atoms with Gasteiger partial charge in [-0.05, 0) is 38.3 Å². The van der Waals surface area contributed by atoms with E-state index in [4.69, 9.17) is 4.74 Å². The molecule has 1 aromatic carbocycles. The molecule has 2 unspecified atom stereocenters. The van der Waals surface area contributed by atoms with Crippen LogP contribution in [0.4, 0.5) is 0 Å². The third kappa shape index (κ3) is 3.63. The lowest BCUT2D eigenvalue weighted by atomic mass is 9.88. The van der Waals surface area contributed by atoms with Crippen LogP contribution in [0.25, 0.3) is 0 Å². The molecule has 0 radical (unpaired) electrons. The van der Waals surface area contributed by atoms with Crippen molar-refractivity contribution in [3.05, 3.63) is 35.4 Å². The third-order valence-corrected chi connectivity index (χ3v) is 4.48. The average Bonchev–Trinajstić information content (AvgIpc) is 2.45. The van der Waals surface area contributed by atoms with E-state index in [9.17, 15) is 9.90 Å². The second kappa shape index (κ2) is 6.16. The molecule has 2 rings (SSSR count). The standard InChI is InChI=1S/C17H25NO3/c1-12(9-17(2,3)21-4)18-10-13-7-5-6-8-14(13)15(11-18)16(19)20/h5-8,12,15H,9-11H2,1-4H3,(H,19,20). The summed E-state index contributed by atoms with van der Waals surface area (Å²) < 4.78 is 5.50. The van der Waals surface area contributed by atoms with Gasteiger partial charge in [0.2, 0.25) is 0 Å². The molecule has 0 fully saturated rings. The molecule has 116 valence electrons. The van der Waals surface area contributed by atoms with Gasteiger partial charge in [0.15, 0.2) is 0 Å². The first-order valence-electron chi connectivity index (χ1n) is 7.44. The highest BCUT2D eigenvalue weighted by atomic mass is 16.5. The first-order chi connectivity index (χ1) is 9.84. The molecule has 4 nitrogen and oxygen atoms in total. The van der Waals surface area contributed by atoms with Gasteiger partial charge < -0.3 is 9.84 Å². The lowest BCUT2D eigenvalue weighted by Crippen LogP contribution is -2.44. The van der Waals surface area contributed by atoms with Gasteiger partial charge in [0.25, 0.3) is 0 Å². The topological polar surface area (TPSA) is 49.8 Å². The van der Waals surface area contributed by atoms with Crippen molar-refractivity contribution in [1.29, 1.82) is 0 Å². The molecule has 1 heterocycles. The Bertz CT molecular complexity index is 513. The van der Waals surface area contributed by atoms with Crippen molar-refractivity contribution in [2.75, 3.05) is 13.7 Å². The Hall–Kier alpha value is -1.39. The SMILES string of the molecule is COC(C)(C)CC(C)N1Cc2ccccc2C(C(=O)O)C1. The highest BCUT2D eigenvalue weighted by Crippen LogP contribution is 2.31. The number of nitrogens with zero attached hydrogens (tertiary/aromatic N) is 1. The van der Waals surface area contributed by atoms with E-state index in [2.05, 4.69) is 25.7 Å². The predicted octanol–water partition coefficient (Wildman–Crippen LogP) is 2.87. The Kier molecular flexibility index (Phi) is 4.69. The summed E-state index contributed by atoms with van der Waals surface area (Å²) in [7, 11) is 1.72. The maximum absolute atomic E-state index is 11.6. The minimum absolute atomic E-state index is 0.199. The van der Waals surface area contributed by atoms with Crippen LogP contribution in [0.2, 0.25) is 0 Å². The summed E-state index contributed by atoms with van der Waals surface area (Å²) in [4.78, 5) is 13.8. The molecule has 0 spiro atoms. The Labute approximate surface area is 126 Å². The number of methoxy groups -OCH3 is 1. The zero-order valence-corrected chi connectivity index (χ0v) is 13.3.